The van der Waals surface area contributed by atoms with Crippen LogP contribution in [-0.4, -0.2) is 28.0 Å². The Bertz CT molecular complexity index is 634. The van der Waals surface area contributed by atoms with Crippen LogP contribution in [0.3, 0.4) is 0 Å². The van der Waals surface area contributed by atoms with Gasteiger partial charge in [-0.2, -0.15) is 5.10 Å². The van der Waals surface area contributed by atoms with Crippen molar-refractivity contribution in [3.63, 3.8) is 0 Å². The van der Waals surface area contributed by atoms with E-state index in [-0.39, 0.29) is 18.2 Å². The van der Waals surface area contributed by atoms with Crippen molar-refractivity contribution < 1.29 is 19.4 Å². The topological polar surface area (TPSA) is 73.6 Å². The highest BCUT2D eigenvalue weighted by molar-refractivity contribution is 5.88. The monoisotopic (exact) mass is 290 g/mol. The van der Waals surface area contributed by atoms with Crippen molar-refractivity contribution in [3.05, 3.63) is 41.7 Å². The number of hydrogen-bond acceptors (Lipinski definition) is 4. The van der Waals surface area contributed by atoms with E-state index in [2.05, 4.69) is 5.10 Å². The number of methoxy groups -OCH3 is 1. The third kappa shape index (κ3) is 3.16. The van der Waals surface area contributed by atoms with Crippen molar-refractivity contribution in [1.82, 2.24) is 9.78 Å². The summed E-state index contributed by atoms with van der Waals surface area (Å²) in [4.78, 5) is 11.3. The van der Waals surface area contributed by atoms with Gasteiger partial charge in [-0.25, -0.2) is 4.79 Å². The number of carboxylic acid groups (broad SMARTS) is 1. The minimum Gasteiger partial charge on any atom is -0.493 e. The minimum absolute atomic E-state index is 0.0503. The summed E-state index contributed by atoms with van der Waals surface area (Å²) in [6, 6.07) is 7.28. The molecule has 0 saturated heterocycles. The van der Waals surface area contributed by atoms with Crippen LogP contribution in [0, 0.1) is 0 Å². The Morgan fingerprint density at radius 2 is 2.00 bits per heavy atom. The van der Waals surface area contributed by atoms with Crippen LogP contribution in [0.5, 0.6) is 11.5 Å². The van der Waals surface area contributed by atoms with Crippen LogP contribution < -0.4 is 9.47 Å². The third-order valence-corrected chi connectivity index (χ3v) is 3.05. The van der Waals surface area contributed by atoms with Gasteiger partial charge in [0.05, 0.1) is 19.0 Å². The van der Waals surface area contributed by atoms with Crippen LogP contribution in [0.25, 0.3) is 0 Å². The smallest absolute Gasteiger partial charge is 0.339 e. The molecule has 21 heavy (non-hydrogen) atoms. The van der Waals surface area contributed by atoms with Gasteiger partial charge >= 0.3 is 5.97 Å². The average Bonchev–Trinajstić information content (AvgIpc) is 2.89. The van der Waals surface area contributed by atoms with Gasteiger partial charge in [-0.3, -0.25) is 4.68 Å². The van der Waals surface area contributed by atoms with Crippen LogP contribution in [0.1, 0.15) is 35.9 Å². The van der Waals surface area contributed by atoms with Crippen LogP contribution in [0.4, 0.5) is 0 Å². The van der Waals surface area contributed by atoms with E-state index < -0.39 is 5.97 Å². The summed E-state index contributed by atoms with van der Waals surface area (Å²) in [6.45, 7) is 3.98. The predicted octanol–water partition coefficient (Wildman–Crippen LogP) is 2.75. The quantitative estimate of drug-likeness (QED) is 0.885. The highest BCUT2D eigenvalue weighted by Crippen LogP contribution is 2.27. The molecule has 0 radical (unpaired) electrons. The average molecular weight is 290 g/mol. The van der Waals surface area contributed by atoms with E-state index in [1.54, 1.807) is 23.9 Å². The lowest BCUT2D eigenvalue weighted by Crippen LogP contribution is -2.13. The summed E-state index contributed by atoms with van der Waals surface area (Å²) < 4.78 is 12.6. The van der Waals surface area contributed by atoms with Crippen LogP contribution in [-0.2, 0) is 6.61 Å². The largest absolute Gasteiger partial charge is 0.493 e. The van der Waals surface area contributed by atoms with Gasteiger partial charge in [-0.15, -0.1) is 0 Å². The molecule has 6 nitrogen and oxygen atoms in total. The van der Waals surface area contributed by atoms with Crippen molar-refractivity contribution in [2.45, 2.75) is 26.5 Å². The van der Waals surface area contributed by atoms with Crippen molar-refractivity contribution in [2.24, 2.45) is 0 Å². The first-order valence-corrected chi connectivity index (χ1v) is 6.60. The number of carbonyl (C=O) groups is 1. The molecule has 1 heterocycles. The van der Waals surface area contributed by atoms with Gasteiger partial charge in [0.1, 0.15) is 12.2 Å². The molecule has 0 fully saturated rings. The second kappa shape index (κ2) is 6.30. The standard InChI is InChI=1S/C15H18N2O4/c1-10(2)17-12(11(8-16-17)15(18)19)9-21-14-7-5-4-6-13(14)20-3/h4-8,10H,9H2,1-3H3,(H,18,19). The van der Waals surface area contributed by atoms with Gasteiger partial charge in [-0.05, 0) is 26.0 Å². The van der Waals surface area contributed by atoms with E-state index in [4.69, 9.17) is 9.47 Å². The normalized spacial score (nSPS) is 10.7. The first-order chi connectivity index (χ1) is 10.0. The number of ether oxygens (including phenoxy) is 2. The maximum absolute atomic E-state index is 11.3. The molecule has 0 atom stereocenters. The lowest BCUT2D eigenvalue weighted by molar-refractivity contribution is 0.0693. The summed E-state index contributed by atoms with van der Waals surface area (Å²) in [5.74, 6) is 0.151. The predicted molar refractivity (Wildman–Crippen MR) is 76.9 cm³/mol. The maximum Gasteiger partial charge on any atom is 0.339 e. The summed E-state index contributed by atoms with van der Waals surface area (Å²) in [7, 11) is 1.56. The highest BCUT2D eigenvalue weighted by atomic mass is 16.5. The molecule has 0 spiro atoms. The zero-order valence-corrected chi connectivity index (χ0v) is 12.2. The molecule has 0 aliphatic carbocycles. The number of aromatic carboxylic acids is 1. The summed E-state index contributed by atoms with van der Waals surface area (Å²) in [6.07, 6.45) is 1.35. The molecule has 0 aliphatic rings. The SMILES string of the molecule is COc1ccccc1OCc1c(C(=O)O)cnn1C(C)C. The number of hydrogen-bond donors (Lipinski definition) is 1. The van der Waals surface area contributed by atoms with Crippen LogP contribution >= 0.6 is 0 Å². The Labute approximate surface area is 122 Å². The van der Waals surface area contributed by atoms with E-state index in [1.807, 2.05) is 26.0 Å². The summed E-state index contributed by atoms with van der Waals surface area (Å²) in [5, 5.41) is 13.3. The van der Waals surface area contributed by atoms with Crippen molar-refractivity contribution in [1.29, 1.82) is 0 Å². The zero-order valence-electron chi connectivity index (χ0n) is 12.2. The number of para-hydroxylation sites is 2. The third-order valence-electron chi connectivity index (χ3n) is 3.05. The Kier molecular flexibility index (Phi) is 4.47. The van der Waals surface area contributed by atoms with E-state index >= 15 is 0 Å². The fourth-order valence-electron chi connectivity index (χ4n) is 2.04. The fourth-order valence-corrected chi connectivity index (χ4v) is 2.04. The molecular weight excluding hydrogens is 272 g/mol. The maximum atomic E-state index is 11.3. The van der Waals surface area contributed by atoms with E-state index in [0.717, 1.165) is 0 Å². The molecular formula is C15H18N2O4. The van der Waals surface area contributed by atoms with Gasteiger partial charge in [0.25, 0.3) is 0 Å². The van der Waals surface area contributed by atoms with E-state index in [1.165, 1.54) is 6.20 Å². The molecule has 6 heteroatoms. The van der Waals surface area contributed by atoms with Crippen LogP contribution in [0.15, 0.2) is 30.5 Å². The van der Waals surface area contributed by atoms with Gasteiger partial charge in [0, 0.05) is 6.04 Å². The van der Waals surface area contributed by atoms with Crippen LogP contribution in [0.2, 0.25) is 0 Å². The Morgan fingerprint density at radius 3 is 2.57 bits per heavy atom. The Balaban J connectivity index is 2.26. The van der Waals surface area contributed by atoms with Gasteiger partial charge in [-0.1, -0.05) is 12.1 Å². The second-order valence-corrected chi connectivity index (χ2v) is 4.79. The number of nitrogens with zero attached hydrogens (tertiary/aromatic N) is 2. The number of aromatic nitrogens is 2. The first kappa shape index (κ1) is 14.9. The molecule has 0 bridgehead atoms. The molecule has 0 unspecified atom stereocenters. The zero-order chi connectivity index (χ0) is 15.4. The molecule has 1 aromatic heterocycles. The van der Waals surface area contributed by atoms with Crippen molar-refractivity contribution >= 4 is 5.97 Å². The second-order valence-electron chi connectivity index (χ2n) is 4.79. The molecule has 112 valence electrons. The molecule has 1 aromatic carbocycles. The molecule has 0 aliphatic heterocycles. The van der Waals surface area contributed by atoms with E-state index in [0.29, 0.717) is 17.2 Å². The van der Waals surface area contributed by atoms with E-state index in [9.17, 15) is 9.90 Å². The molecule has 0 saturated carbocycles. The minimum atomic E-state index is -1.01. The molecule has 2 aromatic rings. The Morgan fingerprint density at radius 1 is 1.33 bits per heavy atom. The van der Waals surface area contributed by atoms with Crippen molar-refractivity contribution in [2.75, 3.05) is 7.11 Å². The first-order valence-electron chi connectivity index (χ1n) is 6.60. The number of carboxylic acids is 1. The molecule has 1 N–H and O–H groups in total. The van der Waals surface area contributed by atoms with Gasteiger partial charge < -0.3 is 14.6 Å². The van der Waals surface area contributed by atoms with Gasteiger partial charge in [0.15, 0.2) is 11.5 Å². The van der Waals surface area contributed by atoms with Gasteiger partial charge in [0.2, 0.25) is 0 Å². The summed E-state index contributed by atoms with van der Waals surface area (Å²) in [5.41, 5.74) is 0.682. The lowest BCUT2D eigenvalue weighted by atomic mass is 10.2. The summed E-state index contributed by atoms with van der Waals surface area (Å²) >= 11 is 0. The van der Waals surface area contributed by atoms with Crippen molar-refractivity contribution in [3.8, 4) is 11.5 Å². The fraction of sp³-hybridized carbons (Fsp3) is 0.333. The lowest BCUT2D eigenvalue weighted by Gasteiger charge is -2.14. The highest BCUT2D eigenvalue weighted by Gasteiger charge is 2.19. The molecule has 2 rings (SSSR count). The Hall–Kier alpha value is -2.50. The molecule has 0 amide bonds. The number of rotatable bonds is 6. The number of benzene rings is 1.